The van der Waals surface area contributed by atoms with Crippen LogP contribution in [0.1, 0.15) is 31.2 Å². The molecule has 1 N–H and O–H groups in total. The van der Waals surface area contributed by atoms with Crippen molar-refractivity contribution in [3.8, 4) is 6.07 Å². The van der Waals surface area contributed by atoms with E-state index in [2.05, 4.69) is 26.9 Å². The fraction of sp³-hybridized carbons (Fsp3) is 0.500. The van der Waals surface area contributed by atoms with Gasteiger partial charge in [-0.05, 0) is 31.0 Å². The second-order valence-electron chi connectivity index (χ2n) is 4.80. The Balaban J connectivity index is 2.28. The summed E-state index contributed by atoms with van der Waals surface area (Å²) in [7, 11) is 1.96. The first-order valence-electron chi connectivity index (χ1n) is 6.24. The van der Waals surface area contributed by atoms with E-state index in [-0.39, 0.29) is 12.1 Å². The maximum atomic E-state index is 10.1. The fourth-order valence-corrected chi connectivity index (χ4v) is 2.99. The molecule has 4 heteroatoms. The molecule has 2 unspecified atom stereocenters. The number of halogens is 1. The molecule has 1 aliphatic rings. The minimum absolute atomic E-state index is 0.118. The molecule has 2 atom stereocenters. The van der Waals surface area contributed by atoms with Crippen LogP contribution in [0.25, 0.3) is 0 Å². The van der Waals surface area contributed by atoms with Crippen LogP contribution in [0.15, 0.2) is 22.7 Å². The molecule has 3 nitrogen and oxygen atoms in total. The first-order chi connectivity index (χ1) is 8.63. The zero-order valence-corrected chi connectivity index (χ0v) is 12.0. The van der Waals surface area contributed by atoms with Crippen molar-refractivity contribution in [3.05, 3.63) is 28.2 Å². The predicted octanol–water partition coefficient (Wildman–Crippen LogP) is 3.06. The molecule has 18 heavy (non-hydrogen) atoms. The van der Waals surface area contributed by atoms with Gasteiger partial charge in [0.2, 0.25) is 0 Å². The summed E-state index contributed by atoms with van der Waals surface area (Å²) < 4.78 is 0.903. The molecule has 1 aromatic carbocycles. The number of aliphatic hydroxyl groups excluding tert-OH is 1. The van der Waals surface area contributed by atoms with E-state index in [9.17, 15) is 10.4 Å². The molecule has 1 aliphatic carbocycles. The Hall–Kier alpha value is -1.05. The first-order valence-corrected chi connectivity index (χ1v) is 7.03. The van der Waals surface area contributed by atoms with Gasteiger partial charge in [-0.1, -0.05) is 28.8 Å². The summed E-state index contributed by atoms with van der Waals surface area (Å²) in [6, 6.07) is 8.02. The van der Waals surface area contributed by atoms with Crippen molar-refractivity contribution in [1.82, 2.24) is 0 Å². The van der Waals surface area contributed by atoms with E-state index >= 15 is 0 Å². The summed E-state index contributed by atoms with van der Waals surface area (Å²) in [5, 5.41) is 19.3. The van der Waals surface area contributed by atoms with Crippen LogP contribution >= 0.6 is 15.9 Å². The Morgan fingerprint density at radius 2 is 2.11 bits per heavy atom. The van der Waals surface area contributed by atoms with Gasteiger partial charge in [0.1, 0.15) is 6.07 Å². The Morgan fingerprint density at radius 1 is 1.39 bits per heavy atom. The van der Waals surface area contributed by atoms with Crippen molar-refractivity contribution in [2.45, 2.75) is 37.8 Å². The van der Waals surface area contributed by atoms with Gasteiger partial charge in [0.15, 0.2) is 0 Å². The average molecular weight is 309 g/mol. The van der Waals surface area contributed by atoms with Gasteiger partial charge in [-0.25, -0.2) is 0 Å². The molecule has 1 aromatic rings. The number of anilines is 1. The summed E-state index contributed by atoms with van der Waals surface area (Å²) in [4.78, 5) is 2.05. The lowest BCUT2D eigenvalue weighted by Crippen LogP contribution is -2.43. The van der Waals surface area contributed by atoms with E-state index in [0.717, 1.165) is 35.8 Å². The molecule has 0 radical (unpaired) electrons. The van der Waals surface area contributed by atoms with Crippen LogP contribution in [0.5, 0.6) is 0 Å². The highest BCUT2D eigenvalue weighted by Crippen LogP contribution is 2.30. The number of nitriles is 1. The molecule has 2 rings (SSSR count). The van der Waals surface area contributed by atoms with Crippen molar-refractivity contribution in [1.29, 1.82) is 5.26 Å². The van der Waals surface area contributed by atoms with Crippen molar-refractivity contribution in [2.24, 2.45) is 0 Å². The highest BCUT2D eigenvalue weighted by atomic mass is 79.9. The SMILES string of the molecule is CN(c1ccc(Br)cc1C#N)C1CCCCC1O. The number of hydrogen-bond donors (Lipinski definition) is 1. The van der Waals surface area contributed by atoms with Crippen molar-refractivity contribution in [3.63, 3.8) is 0 Å². The third kappa shape index (κ3) is 2.68. The fourth-order valence-electron chi connectivity index (χ4n) is 2.63. The zero-order chi connectivity index (χ0) is 13.1. The quantitative estimate of drug-likeness (QED) is 0.913. The van der Waals surface area contributed by atoms with Gasteiger partial charge in [-0.15, -0.1) is 0 Å². The van der Waals surface area contributed by atoms with E-state index in [1.807, 2.05) is 25.2 Å². The van der Waals surface area contributed by atoms with E-state index in [1.54, 1.807) is 0 Å². The second kappa shape index (κ2) is 5.73. The van der Waals surface area contributed by atoms with Crippen molar-refractivity contribution in [2.75, 3.05) is 11.9 Å². The van der Waals surface area contributed by atoms with Crippen molar-refractivity contribution < 1.29 is 5.11 Å². The summed E-state index contributed by atoms with van der Waals surface area (Å²) in [6.45, 7) is 0. The van der Waals surface area contributed by atoms with Crippen LogP contribution in [-0.4, -0.2) is 24.3 Å². The van der Waals surface area contributed by atoms with Crippen LogP contribution in [-0.2, 0) is 0 Å². The standard InChI is InChI=1S/C14H17BrN2O/c1-17(13-4-2-3-5-14(13)18)12-7-6-11(15)8-10(12)9-16/h6-8,13-14,18H,2-5H2,1H3. The van der Waals surface area contributed by atoms with Crippen LogP contribution in [0.4, 0.5) is 5.69 Å². The molecule has 0 aliphatic heterocycles. The Bertz CT molecular complexity index is 469. The molecule has 0 heterocycles. The number of likely N-dealkylation sites (N-methyl/N-ethyl adjacent to an activating group) is 1. The van der Waals surface area contributed by atoms with E-state index < -0.39 is 0 Å². The smallest absolute Gasteiger partial charge is 0.101 e. The number of aliphatic hydroxyl groups is 1. The van der Waals surface area contributed by atoms with Gasteiger partial charge in [-0.3, -0.25) is 0 Å². The molecule has 1 fully saturated rings. The summed E-state index contributed by atoms with van der Waals surface area (Å²) in [5.41, 5.74) is 1.54. The van der Waals surface area contributed by atoms with Crippen LogP contribution in [0.3, 0.4) is 0 Å². The van der Waals surface area contributed by atoms with Crippen LogP contribution < -0.4 is 4.90 Å². The lowest BCUT2D eigenvalue weighted by atomic mass is 9.91. The van der Waals surface area contributed by atoms with E-state index in [4.69, 9.17) is 0 Å². The monoisotopic (exact) mass is 308 g/mol. The highest BCUT2D eigenvalue weighted by molar-refractivity contribution is 9.10. The van der Waals surface area contributed by atoms with Crippen molar-refractivity contribution >= 4 is 21.6 Å². The molecular weight excluding hydrogens is 292 g/mol. The first kappa shape index (κ1) is 13.4. The number of hydrogen-bond acceptors (Lipinski definition) is 3. The number of nitrogens with zero attached hydrogens (tertiary/aromatic N) is 2. The molecular formula is C14H17BrN2O. The summed E-state index contributed by atoms with van der Waals surface area (Å²) >= 11 is 3.38. The minimum atomic E-state index is -0.293. The van der Waals surface area contributed by atoms with Gasteiger partial charge >= 0.3 is 0 Å². The molecule has 0 saturated heterocycles. The summed E-state index contributed by atoms with van der Waals surface area (Å²) in [6.07, 6.45) is 3.78. The highest BCUT2D eigenvalue weighted by Gasteiger charge is 2.27. The topological polar surface area (TPSA) is 47.3 Å². The maximum absolute atomic E-state index is 10.1. The minimum Gasteiger partial charge on any atom is -0.391 e. The third-order valence-electron chi connectivity index (χ3n) is 3.65. The molecule has 0 spiro atoms. The zero-order valence-electron chi connectivity index (χ0n) is 10.4. The predicted molar refractivity (Wildman–Crippen MR) is 75.5 cm³/mol. The van der Waals surface area contributed by atoms with Gasteiger partial charge in [0.05, 0.1) is 23.4 Å². The van der Waals surface area contributed by atoms with Gasteiger partial charge in [0.25, 0.3) is 0 Å². The maximum Gasteiger partial charge on any atom is 0.101 e. The lowest BCUT2D eigenvalue weighted by Gasteiger charge is -2.37. The molecule has 0 bridgehead atoms. The normalized spacial score (nSPS) is 23.4. The van der Waals surface area contributed by atoms with E-state index in [1.165, 1.54) is 0 Å². The van der Waals surface area contributed by atoms with E-state index in [0.29, 0.717) is 5.56 Å². The Labute approximate surface area is 116 Å². The number of rotatable bonds is 2. The van der Waals surface area contributed by atoms with Gasteiger partial charge in [0, 0.05) is 11.5 Å². The molecule has 0 amide bonds. The Morgan fingerprint density at radius 3 is 2.78 bits per heavy atom. The molecule has 96 valence electrons. The Kier molecular flexibility index (Phi) is 4.26. The average Bonchev–Trinajstić information content (AvgIpc) is 2.38. The second-order valence-corrected chi connectivity index (χ2v) is 5.72. The van der Waals surface area contributed by atoms with Gasteiger partial charge < -0.3 is 10.0 Å². The molecule has 1 saturated carbocycles. The van der Waals surface area contributed by atoms with Crippen LogP contribution in [0.2, 0.25) is 0 Å². The lowest BCUT2D eigenvalue weighted by molar-refractivity contribution is 0.106. The largest absolute Gasteiger partial charge is 0.391 e. The third-order valence-corrected chi connectivity index (χ3v) is 4.14. The molecule has 0 aromatic heterocycles. The van der Waals surface area contributed by atoms with Gasteiger partial charge in [-0.2, -0.15) is 5.26 Å². The number of benzene rings is 1. The summed E-state index contributed by atoms with van der Waals surface area (Å²) in [5.74, 6) is 0. The van der Waals surface area contributed by atoms with Crippen LogP contribution in [0, 0.1) is 11.3 Å².